The molecule has 5 rings (SSSR count). The van der Waals surface area contributed by atoms with E-state index in [-0.39, 0.29) is 11.9 Å². The Bertz CT molecular complexity index is 1440. The number of aromatic nitrogens is 2. The van der Waals surface area contributed by atoms with E-state index in [0.717, 1.165) is 33.3 Å². The number of ether oxygens (including phenoxy) is 1. The number of H-pyrrole nitrogens is 1. The van der Waals surface area contributed by atoms with Gasteiger partial charge < -0.3 is 25.9 Å². The maximum atomic E-state index is 13.4. The molecule has 3 heterocycles. The van der Waals surface area contributed by atoms with Gasteiger partial charge in [0.05, 0.1) is 12.1 Å². The van der Waals surface area contributed by atoms with Crippen LogP contribution in [0.3, 0.4) is 0 Å². The van der Waals surface area contributed by atoms with Gasteiger partial charge in [0.15, 0.2) is 0 Å². The van der Waals surface area contributed by atoms with Gasteiger partial charge in [-0.1, -0.05) is 48.5 Å². The Hall–Kier alpha value is -4.21. The molecule has 39 heavy (non-hydrogen) atoms. The van der Waals surface area contributed by atoms with Crippen LogP contribution in [0.4, 0.5) is 0 Å². The van der Waals surface area contributed by atoms with Crippen LogP contribution < -0.4 is 21.1 Å². The second kappa shape index (κ2) is 12.1. The quantitative estimate of drug-likeness (QED) is 0.188. The number of carbonyl (C=O) groups is 2. The summed E-state index contributed by atoms with van der Waals surface area (Å²) < 4.78 is 5.97. The lowest BCUT2D eigenvalue weighted by atomic mass is 9.90. The van der Waals surface area contributed by atoms with Crippen LogP contribution in [-0.2, 0) is 22.6 Å². The highest BCUT2D eigenvalue weighted by Gasteiger charge is 2.35. The number of carboxylic acid groups (broad SMARTS) is 1. The molecule has 6 N–H and O–H groups in total. The zero-order chi connectivity index (χ0) is 27.2. The number of rotatable bonds is 11. The Morgan fingerprint density at radius 1 is 1.10 bits per heavy atom. The van der Waals surface area contributed by atoms with E-state index in [1.54, 1.807) is 6.20 Å². The summed E-state index contributed by atoms with van der Waals surface area (Å²) >= 11 is 0. The van der Waals surface area contributed by atoms with E-state index in [4.69, 9.17) is 10.5 Å². The monoisotopic (exact) mass is 527 g/mol. The number of hydrogen-bond donors (Lipinski definition) is 5. The number of hydrogen-bond acceptors (Lipinski definition) is 6. The average Bonchev–Trinajstić information content (AvgIpc) is 3.34. The third kappa shape index (κ3) is 6.10. The fourth-order valence-corrected chi connectivity index (χ4v) is 5.10. The van der Waals surface area contributed by atoms with Crippen LogP contribution in [0.25, 0.3) is 10.9 Å². The first-order valence-corrected chi connectivity index (χ1v) is 13.2. The summed E-state index contributed by atoms with van der Waals surface area (Å²) in [6.07, 6.45) is 3.79. The minimum atomic E-state index is -1.05. The van der Waals surface area contributed by atoms with Crippen molar-refractivity contribution in [3.05, 3.63) is 95.3 Å². The highest BCUT2D eigenvalue weighted by atomic mass is 16.5. The number of nitrogens with one attached hydrogen (secondary N) is 3. The average molecular weight is 528 g/mol. The van der Waals surface area contributed by atoms with Crippen molar-refractivity contribution < 1.29 is 19.4 Å². The van der Waals surface area contributed by atoms with Gasteiger partial charge in [-0.05, 0) is 61.1 Å². The van der Waals surface area contributed by atoms with E-state index in [1.807, 2.05) is 66.7 Å². The molecule has 2 aromatic carbocycles. The summed E-state index contributed by atoms with van der Waals surface area (Å²) in [6.45, 7) is 0.872. The first-order chi connectivity index (χ1) is 19.0. The molecule has 0 saturated heterocycles. The highest BCUT2D eigenvalue weighted by molar-refractivity contribution is 5.90. The van der Waals surface area contributed by atoms with Crippen LogP contribution in [0.2, 0.25) is 0 Å². The molecule has 1 aliphatic heterocycles. The second-order valence-electron chi connectivity index (χ2n) is 9.80. The second-order valence-corrected chi connectivity index (χ2v) is 9.80. The third-order valence-electron chi connectivity index (χ3n) is 7.11. The number of fused-ring (bicyclic) bond motifs is 3. The smallest absolute Gasteiger partial charge is 0.326 e. The molecule has 9 heteroatoms. The summed E-state index contributed by atoms with van der Waals surface area (Å²) in [5.74, 6) is -0.909. The summed E-state index contributed by atoms with van der Waals surface area (Å²) in [5.41, 5.74) is 10.5. The number of unbranched alkanes of at least 4 members (excludes halogenated alkanes) is 1. The van der Waals surface area contributed by atoms with E-state index in [0.29, 0.717) is 44.7 Å². The predicted molar refractivity (Wildman–Crippen MR) is 148 cm³/mol. The van der Waals surface area contributed by atoms with Gasteiger partial charge in [0.2, 0.25) is 11.8 Å². The van der Waals surface area contributed by atoms with E-state index >= 15 is 0 Å². The molecule has 0 saturated carbocycles. The molecule has 1 amide bonds. The van der Waals surface area contributed by atoms with Crippen molar-refractivity contribution in [3.63, 3.8) is 0 Å². The number of para-hydroxylation sites is 1. The lowest BCUT2D eigenvalue weighted by Gasteiger charge is -2.32. The Kier molecular flexibility index (Phi) is 8.19. The molecule has 0 fully saturated rings. The number of carbonyl (C=O) groups excluding carboxylic acids is 1. The summed E-state index contributed by atoms with van der Waals surface area (Å²) in [4.78, 5) is 33.2. The van der Waals surface area contributed by atoms with Crippen LogP contribution in [0.1, 0.15) is 47.7 Å². The van der Waals surface area contributed by atoms with E-state index in [9.17, 15) is 14.7 Å². The Morgan fingerprint density at radius 2 is 1.90 bits per heavy atom. The molecule has 3 atom stereocenters. The van der Waals surface area contributed by atoms with Crippen molar-refractivity contribution in [3.8, 4) is 5.88 Å². The number of aromatic amines is 1. The molecule has 0 bridgehead atoms. The molecular weight excluding hydrogens is 494 g/mol. The molecule has 3 unspecified atom stereocenters. The van der Waals surface area contributed by atoms with E-state index in [1.165, 1.54) is 0 Å². The van der Waals surface area contributed by atoms with Crippen molar-refractivity contribution in [2.45, 2.75) is 50.4 Å². The number of carboxylic acids is 1. The van der Waals surface area contributed by atoms with Crippen molar-refractivity contribution in [2.24, 2.45) is 5.73 Å². The number of nitrogens with two attached hydrogens (primary N) is 1. The van der Waals surface area contributed by atoms with Crippen LogP contribution in [-0.4, -0.2) is 45.6 Å². The molecule has 4 aromatic rings. The van der Waals surface area contributed by atoms with Gasteiger partial charge in [-0.15, -0.1) is 0 Å². The van der Waals surface area contributed by atoms with Gasteiger partial charge in [0.1, 0.15) is 12.6 Å². The largest absolute Gasteiger partial charge is 0.480 e. The van der Waals surface area contributed by atoms with Crippen molar-refractivity contribution in [1.29, 1.82) is 0 Å². The minimum absolute atomic E-state index is 0.333. The Labute approximate surface area is 226 Å². The fraction of sp³-hybridized carbons (Fsp3) is 0.300. The van der Waals surface area contributed by atoms with Crippen LogP contribution >= 0.6 is 0 Å². The summed E-state index contributed by atoms with van der Waals surface area (Å²) in [5, 5.41) is 16.9. The summed E-state index contributed by atoms with van der Waals surface area (Å²) in [7, 11) is 0. The molecule has 0 spiro atoms. The lowest BCUT2D eigenvalue weighted by molar-refractivity contribution is -0.142. The number of nitrogens with zero attached hydrogens (tertiary/aromatic N) is 1. The summed E-state index contributed by atoms with van der Waals surface area (Å²) in [6, 6.07) is 19.7. The molecule has 2 aromatic heterocycles. The van der Waals surface area contributed by atoms with Gasteiger partial charge in [0, 0.05) is 28.9 Å². The lowest BCUT2D eigenvalue weighted by Crippen LogP contribution is -2.53. The minimum Gasteiger partial charge on any atom is -0.480 e. The molecular formula is C30H33N5O4. The maximum absolute atomic E-state index is 13.4. The topological polar surface area (TPSA) is 142 Å². The molecule has 0 aliphatic carbocycles. The first-order valence-electron chi connectivity index (χ1n) is 13.2. The molecule has 0 radical (unpaired) electrons. The number of aliphatic carboxylic acids is 1. The fourth-order valence-electron chi connectivity index (χ4n) is 5.10. The van der Waals surface area contributed by atoms with Gasteiger partial charge in [0.25, 0.3) is 0 Å². The maximum Gasteiger partial charge on any atom is 0.326 e. The zero-order valence-corrected chi connectivity index (χ0v) is 21.6. The number of benzene rings is 2. The molecule has 9 nitrogen and oxygen atoms in total. The van der Waals surface area contributed by atoms with Crippen molar-refractivity contribution in [1.82, 2.24) is 20.6 Å². The van der Waals surface area contributed by atoms with Crippen LogP contribution in [0, 0.1) is 0 Å². The normalized spacial score (nSPS) is 17.4. The van der Waals surface area contributed by atoms with Gasteiger partial charge >= 0.3 is 5.97 Å². The molecule has 202 valence electrons. The van der Waals surface area contributed by atoms with Gasteiger partial charge in [-0.3, -0.25) is 10.1 Å². The number of pyridine rings is 1. The molecule has 1 aliphatic rings. The van der Waals surface area contributed by atoms with Crippen molar-refractivity contribution >= 4 is 22.8 Å². The SMILES string of the molecule is NCCCCC(NC(=O)C1Cc2c([nH]c3ccccc23)C(c2ccnc(OCc3ccccc3)c2)N1)C(=O)O. The zero-order valence-electron chi connectivity index (χ0n) is 21.6. The third-order valence-corrected chi connectivity index (χ3v) is 7.11. The first kappa shape index (κ1) is 26.4. The van der Waals surface area contributed by atoms with Gasteiger partial charge in [-0.25, -0.2) is 9.78 Å². The Morgan fingerprint density at radius 3 is 2.69 bits per heavy atom. The standard InChI is InChI=1S/C30H33N5O4/c31-14-7-6-12-24(30(37)38)35-29(36)25-17-22-21-10-4-5-11-23(21)33-28(22)27(34-25)20-13-15-32-26(16-20)39-18-19-8-2-1-3-9-19/h1-5,8-11,13,15-16,24-25,27,33-34H,6-7,12,14,17-18,31H2,(H,35,36)(H,37,38). The van der Waals surface area contributed by atoms with Crippen molar-refractivity contribution in [2.75, 3.05) is 6.54 Å². The van der Waals surface area contributed by atoms with Crippen LogP contribution in [0.5, 0.6) is 5.88 Å². The van der Waals surface area contributed by atoms with E-state index < -0.39 is 18.1 Å². The predicted octanol–water partition coefficient (Wildman–Crippen LogP) is 3.44. The Balaban J connectivity index is 1.41. The highest BCUT2D eigenvalue weighted by Crippen LogP contribution is 2.36. The van der Waals surface area contributed by atoms with Gasteiger partial charge in [-0.2, -0.15) is 0 Å². The number of amides is 1. The van der Waals surface area contributed by atoms with E-state index in [2.05, 4.69) is 20.6 Å². The van der Waals surface area contributed by atoms with Crippen LogP contribution in [0.15, 0.2) is 72.9 Å².